The largest absolute Gasteiger partial charge is 0.350 e. The molecule has 2 fully saturated rings. The molecule has 0 radical (unpaired) electrons. The molecule has 29 heavy (non-hydrogen) atoms. The number of likely N-dealkylation sites (tertiary alicyclic amines) is 2. The van der Waals surface area contributed by atoms with E-state index in [0.717, 1.165) is 23.4 Å². The molecule has 9 heteroatoms. The van der Waals surface area contributed by atoms with Crippen LogP contribution in [0.5, 0.6) is 0 Å². The average Bonchev–Trinajstić information content (AvgIpc) is 3.22. The minimum atomic E-state index is -0.292. The number of benzene rings is 1. The molecule has 0 unspecified atom stereocenters. The summed E-state index contributed by atoms with van der Waals surface area (Å²) in [4.78, 5) is 51.7. The fourth-order valence-electron chi connectivity index (χ4n) is 4.02. The van der Waals surface area contributed by atoms with Gasteiger partial charge >= 0.3 is 5.69 Å². The van der Waals surface area contributed by atoms with E-state index < -0.39 is 0 Å². The third-order valence-corrected chi connectivity index (χ3v) is 5.55. The second-order valence-electron chi connectivity index (χ2n) is 7.49. The standard InChI is InChI=1S/C20H23N5O4/c1-22-20(29)25(15-7-3-2-4-8-15)19(21-22)14-6-5-11-23(12-14)18(28)13-24-16(26)9-10-17(24)27/h2-4,7-8,14H,5-6,9-13H2,1H3/t14-/m0/s1. The molecule has 0 saturated carbocycles. The van der Waals surface area contributed by atoms with Gasteiger partial charge in [-0.05, 0) is 25.0 Å². The van der Waals surface area contributed by atoms with Gasteiger partial charge in [0.05, 0.1) is 5.69 Å². The first-order chi connectivity index (χ1) is 14.0. The zero-order valence-corrected chi connectivity index (χ0v) is 16.3. The van der Waals surface area contributed by atoms with Gasteiger partial charge in [-0.1, -0.05) is 18.2 Å². The Morgan fingerprint density at radius 1 is 1.10 bits per heavy atom. The monoisotopic (exact) mass is 397 g/mol. The van der Waals surface area contributed by atoms with Crippen LogP contribution in [0.25, 0.3) is 5.69 Å². The van der Waals surface area contributed by atoms with Crippen molar-refractivity contribution in [3.63, 3.8) is 0 Å². The normalized spacial score (nSPS) is 19.8. The number of nitrogens with zero attached hydrogens (tertiary/aromatic N) is 5. The Hall–Kier alpha value is -3.23. The number of piperidine rings is 1. The number of hydrogen-bond acceptors (Lipinski definition) is 5. The van der Waals surface area contributed by atoms with E-state index in [1.54, 1.807) is 16.5 Å². The van der Waals surface area contributed by atoms with Gasteiger partial charge in [-0.15, -0.1) is 0 Å². The maximum atomic E-state index is 12.7. The molecule has 0 N–H and O–H groups in total. The number of amides is 3. The van der Waals surface area contributed by atoms with Crippen LogP contribution in [0.1, 0.15) is 37.4 Å². The molecule has 9 nitrogen and oxygen atoms in total. The highest BCUT2D eigenvalue weighted by Crippen LogP contribution is 2.27. The van der Waals surface area contributed by atoms with E-state index >= 15 is 0 Å². The number of rotatable bonds is 4. The second-order valence-corrected chi connectivity index (χ2v) is 7.49. The summed E-state index contributed by atoms with van der Waals surface area (Å²) >= 11 is 0. The fourth-order valence-corrected chi connectivity index (χ4v) is 4.02. The van der Waals surface area contributed by atoms with Crippen LogP contribution in [0.15, 0.2) is 35.1 Å². The zero-order valence-electron chi connectivity index (χ0n) is 16.3. The Labute approximate surface area is 167 Å². The van der Waals surface area contributed by atoms with Gasteiger partial charge in [-0.2, -0.15) is 5.10 Å². The Morgan fingerprint density at radius 2 is 1.79 bits per heavy atom. The first-order valence-corrected chi connectivity index (χ1v) is 9.78. The summed E-state index contributed by atoms with van der Waals surface area (Å²) in [6, 6.07) is 9.30. The lowest BCUT2D eigenvalue weighted by atomic mass is 9.97. The third kappa shape index (κ3) is 3.59. The van der Waals surface area contributed by atoms with Crippen LogP contribution in [0, 0.1) is 0 Å². The molecule has 3 amide bonds. The smallest absolute Gasteiger partial charge is 0.340 e. The SMILES string of the molecule is Cn1nc([C@H]2CCCN(C(=O)CN3C(=O)CCC3=O)C2)n(-c2ccccc2)c1=O. The Bertz CT molecular complexity index is 994. The van der Waals surface area contributed by atoms with Gasteiger partial charge in [0.1, 0.15) is 12.4 Å². The van der Waals surface area contributed by atoms with Crippen molar-refractivity contribution < 1.29 is 14.4 Å². The Kier molecular flexibility index (Phi) is 5.04. The lowest BCUT2D eigenvalue weighted by molar-refractivity contribution is -0.146. The summed E-state index contributed by atoms with van der Waals surface area (Å²) in [5.74, 6) is -0.316. The van der Waals surface area contributed by atoms with E-state index in [1.807, 2.05) is 30.3 Å². The van der Waals surface area contributed by atoms with E-state index in [2.05, 4.69) is 5.10 Å². The van der Waals surface area contributed by atoms with Crippen molar-refractivity contribution in [3.05, 3.63) is 46.6 Å². The molecule has 1 aromatic heterocycles. The van der Waals surface area contributed by atoms with Crippen molar-refractivity contribution in [1.82, 2.24) is 24.1 Å². The molecule has 2 aliphatic rings. The summed E-state index contributed by atoms with van der Waals surface area (Å²) in [7, 11) is 1.61. The van der Waals surface area contributed by atoms with Gasteiger partial charge in [0.25, 0.3) is 0 Å². The highest BCUT2D eigenvalue weighted by molar-refractivity contribution is 6.04. The summed E-state index contributed by atoms with van der Waals surface area (Å²) < 4.78 is 2.90. The molecular formula is C20H23N5O4. The van der Waals surface area contributed by atoms with Crippen molar-refractivity contribution in [2.24, 2.45) is 7.05 Å². The van der Waals surface area contributed by atoms with E-state index in [-0.39, 0.29) is 48.7 Å². The number of carbonyl (C=O) groups is 3. The van der Waals surface area contributed by atoms with Gasteiger partial charge in [-0.3, -0.25) is 19.3 Å². The van der Waals surface area contributed by atoms with Crippen LogP contribution >= 0.6 is 0 Å². The molecule has 1 atom stereocenters. The Morgan fingerprint density at radius 3 is 2.48 bits per heavy atom. The molecule has 0 aliphatic carbocycles. The van der Waals surface area contributed by atoms with Crippen LogP contribution in [0.3, 0.4) is 0 Å². The van der Waals surface area contributed by atoms with Crippen molar-refractivity contribution in [2.75, 3.05) is 19.6 Å². The van der Waals surface area contributed by atoms with Gasteiger partial charge < -0.3 is 4.90 Å². The molecule has 4 rings (SSSR count). The maximum absolute atomic E-state index is 12.7. The lowest BCUT2D eigenvalue weighted by Gasteiger charge is -2.33. The lowest BCUT2D eigenvalue weighted by Crippen LogP contribution is -2.46. The van der Waals surface area contributed by atoms with E-state index in [0.29, 0.717) is 18.9 Å². The van der Waals surface area contributed by atoms with Gasteiger partial charge in [-0.25, -0.2) is 14.0 Å². The van der Waals surface area contributed by atoms with Crippen LogP contribution in [-0.2, 0) is 21.4 Å². The minimum Gasteiger partial charge on any atom is -0.340 e. The summed E-state index contributed by atoms with van der Waals surface area (Å²) in [6.45, 7) is 0.754. The van der Waals surface area contributed by atoms with Gasteiger partial charge in [0.15, 0.2) is 0 Å². The molecule has 2 saturated heterocycles. The van der Waals surface area contributed by atoms with Gasteiger partial charge in [0, 0.05) is 38.9 Å². The Balaban J connectivity index is 1.56. The van der Waals surface area contributed by atoms with Crippen molar-refractivity contribution >= 4 is 17.7 Å². The highest BCUT2D eigenvalue weighted by Gasteiger charge is 2.34. The first kappa shape index (κ1) is 19.1. The topological polar surface area (TPSA) is 97.5 Å². The predicted octanol–water partition coefficient (Wildman–Crippen LogP) is 0.426. The molecule has 3 heterocycles. The van der Waals surface area contributed by atoms with E-state index in [1.165, 1.54) is 4.68 Å². The molecule has 0 spiro atoms. The zero-order chi connectivity index (χ0) is 20.5. The molecule has 2 aliphatic heterocycles. The van der Waals surface area contributed by atoms with Crippen LogP contribution in [0.4, 0.5) is 0 Å². The summed E-state index contributed by atoms with van der Waals surface area (Å²) in [6.07, 6.45) is 1.91. The number of hydrogen-bond donors (Lipinski definition) is 0. The third-order valence-electron chi connectivity index (χ3n) is 5.55. The van der Waals surface area contributed by atoms with Crippen LogP contribution < -0.4 is 5.69 Å². The van der Waals surface area contributed by atoms with Crippen LogP contribution in [0.2, 0.25) is 0 Å². The predicted molar refractivity (Wildman–Crippen MR) is 103 cm³/mol. The quantitative estimate of drug-likeness (QED) is 0.697. The molecular weight excluding hydrogens is 374 g/mol. The molecule has 2 aromatic rings. The highest BCUT2D eigenvalue weighted by atomic mass is 16.2. The maximum Gasteiger partial charge on any atom is 0.350 e. The molecule has 0 bridgehead atoms. The van der Waals surface area contributed by atoms with E-state index in [9.17, 15) is 19.2 Å². The number of carbonyl (C=O) groups excluding carboxylic acids is 3. The summed E-state index contributed by atoms with van der Waals surface area (Å²) in [5, 5.41) is 4.44. The first-order valence-electron chi connectivity index (χ1n) is 9.78. The van der Waals surface area contributed by atoms with Crippen molar-refractivity contribution in [3.8, 4) is 5.69 Å². The summed E-state index contributed by atoms with van der Waals surface area (Å²) in [5.41, 5.74) is 0.500. The van der Waals surface area contributed by atoms with Crippen molar-refractivity contribution in [1.29, 1.82) is 0 Å². The number of aromatic nitrogens is 3. The van der Waals surface area contributed by atoms with Crippen molar-refractivity contribution in [2.45, 2.75) is 31.6 Å². The van der Waals surface area contributed by atoms with Gasteiger partial charge in [0.2, 0.25) is 17.7 Å². The second kappa shape index (κ2) is 7.65. The van der Waals surface area contributed by atoms with E-state index in [4.69, 9.17) is 0 Å². The molecule has 152 valence electrons. The number of imide groups is 1. The average molecular weight is 397 g/mol. The number of aryl methyl sites for hydroxylation is 1. The van der Waals surface area contributed by atoms with Crippen LogP contribution in [-0.4, -0.2) is 61.5 Å². The minimum absolute atomic E-state index is 0.105. The number of para-hydroxylation sites is 1. The fraction of sp³-hybridized carbons (Fsp3) is 0.450. The molecule has 1 aromatic carbocycles.